The van der Waals surface area contributed by atoms with Gasteiger partial charge in [0.25, 0.3) is 0 Å². The summed E-state index contributed by atoms with van der Waals surface area (Å²) in [7, 11) is 2.04. The third kappa shape index (κ3) is 2.35. The highest BCUT2D eigenvalue weighted by Crippen LogP contribution is 2.40. The van der Waals surface area contributed by atoms with Gasteiger partial charge in [0.15, 0.2) is 0 Å². The fraction of sp³-hybridized carbons (Fsp3) is 0.294. The van der Waals surface area contributed by atoms with Gasteiger partial charge < -0.3 is 4.74 Å². The molecule has 0 saturated carbocycles. The van der Waals surface area contributed by atoms with Crippen LogP contribution in [0.5, 0.6) is 0 Å². The molecule has 3 rings (SSSR count). The highest BCUT2D eigenvalue weighted by molar-refractivity contribution is 5.24. The highest BCUT2D eigenvalue weighted by atomic mass is 19.1. The van der Waals surface area contributed by atoms with Crippen molar-refractivity contribution >= 4 is 0 Å². The second-order valence-corrected chi connectivity index (χ2v) is 5.28. The number of nitrogens with zero attached hydrogens (tertiary/aromatic N) is 1. The van der Waals surface area contributed by atoms with Crippen molar-refractivity contribution in [2.75, 3.05) is 7.05 Å². The Labute approximate surface area is 118 Å². The van der Waals surface area contributed by atoms with Crippen molar-refractivity contribution < 1.29 is 9.13 Å². The number of likely N-dealkylation sites (N-methyl/N-ethyl adjacent to an activating group) is 1. The molecule has 0 amide bonds. The molecule has 1 unspecified atom stereocenters. The molecule has 2 nitrogen and oxygen atoms in total. The topological polar surface area (TPSA) is 12.5 Å². The summed E-state index contributed by atoms with van der Waals surface area (Å²) in [6.45, 7) is 2.15. The van der Waals surface area contributed by atoms with Crippen LogP contribution in [-0.4, -0.2) is 18.0 Å². The molecule has 1 fully saturated rings. The number of ether oxygens (including phenoxy) is 1. The van der Waals surface area contributed by atoms with Gasteiger partial charge in [-0.25, -0.2) is 4.39 Å². The lowest BCUT2D eigenvalue weighted by molar-refractivity contribution is 0.00556. The molecule has 0 spiro atoms. The maximum Gasteiger partial charge on any atom is 0.137 e. The van der Waals surface area contributed by atoms with Gasteiger partial charge in [-0.3, -0.25) is 4.90 Å². The van der Waals surface area contributed by atoms with Crippen LogP contribution in [0.15, 0.2) is 54.6 Å². The van der Waals surface area contributed by atoms with Crippen molar-refractivity contribution in [1.82, 2.24) is 4.90 Å². The van der Waals surface area contributed by atoms with E-state index in [2.05, 4.69) is 24.0 Å². The Morgan fingerprint density at radius 2 is 1.60 bits per heavy atom. The molecule has 1 aliphatic heterocycles. The Morgan fingerprint density at radius 3 is 2.25 bits per heavy atom. The second kappa shape index (κ2) is 5.35. The average molecular weight is 271 g/mol. The van der Waals surface area contributed by atoms with Gasteiger partial charge in [0.1, 0.15) is 18.1 Å². The summed E-state index contributed by atoms with van der Waals surface area (Å²) in [5.74, 6) is -0.220. The van der Waals surface area contributed by atoms with E-state index < -0.39 is 0 Å². The molecule has 0 N–H and O–H groups in total. The Morgan fingerprint density at radius 1 is 0.950 bits per heavy atom. The summed E-state index contributed by atoms with van der Waals surface area (Å²) in [4.78, 5) is 2.19. The second-order valence-electron chi connectivity index (χ2n) is 5.28. The van der Waals surface area contributed by atoms with Gasteiger partial charge in [-0.1, -0.05) is 42.5 Å². The number of halogens is 1. The predicted molar refractivity (Wildman–Crippen MR) is 76.6 cm³/mol. The van der Waals surface area contributed by atoms with E-state index in [0.29, 0.717) is 0 Å². The Bertz CT molecular complexity index is 569. The maximum absolute atomic E-state index is 13.0. The van der Waals surface area contributed by atoms with Gasteiger partial charge in [0, 0.05) is 6.04 Å². The lowest BCUT2D eigenvalue weighted by atomic mass is 10.0. The van der Waals surface area contributed by atoms with Crippen molar-refractivity contribution in [3.05, 3.63) is 71.5 Å². The minimum Gasteiger partial charge on any atom is -0.349 e. The van der Waals surface area contributed by atoms with Crippen molar-refractivity contribution in [3.8, 4) is 0 Å². The Kier molecular flexibility index (Phi) is 3.55. The maximum atomic E-state index is 13.0. The van der Waals surface area contributed by atoms with E-state index in [1.807, 2.05) is 25.2 Å². The summed E-state index contributed by atoms with van der Waals surface area (Å²) in [5.41, 5.74) is 2.16. The van der Waals surface area contributed by atoms with Gasteiger partial charge >= 0.3 is 0 Å². The van der Waals surface area contributed by atoms with Crippen LogP contribution < -0.4 is 0 Å². The normalized spacial score (nSPS) is 26.9. The van der Waals surface area contributed by atoms with Gasteiger partial charge in [-0.15, -0.1) is 0 Å². The first-order valence-corrected chi connectivity index (χ1v) is 6.84. The number of benzene rings is 2. The van der Waals surface area contributed by atoms with Gasteiger partial charge in [0.05, 0.1) is 0 Å². The summed E-state index contributed by atoms with van der Waals surface area (Å²) in [6.07, 6.45) is -0.0907. The van der Waals surface area contributed by atoms with Crippen LogP contribution in [0.4, 0.5) is 4.39 Å². The monoisotopic (exact) mass is 271 g/mol. The molecule has 3 heteroatoms. The van der Waals surface area contributed by atoms with Crippen LogP contribution in [-0.2, 0) is 4.74 Å². The first kappa shape index (κ1) is 13.3. The third-order valence-corrected chi connectivity index (χ3v) is 4.01. The Hall–Kier alpha value is -1.71. The van der Waals surface area contributed by atoms with Crippen LogP contribution >= 0.6 is 0 Å². The zero-order chi connectivity index (χ0) is 14.1. The zero-order valence-corrected chi connectivity index (χ0v) is 11.7. The van der Waals surface area contributed by atoms with Gasteiger partial charge in [0.2, 0.25) is 0 Å². The quantitative estimate of drug-likeness (QED) is 0.821. The average Bonchev–Trinajstić information content (AvgIpc) is 2.77. The first-order chi connectivity index (χ1) is 9.66. The number of hydrogen-bond donors (Lipinski definition) is 0. The van der Waals surface area contributed by atoms with Gasteiger partial charge in [-0.05, 0) is 37.2 Å². The molecule has 0 bridgehead atoms. The van der Waals surface area contributed by atoms with Crippen molar-refractivity contribution in [2.45, 2.75) is 25.3 Å². The fourth-order valence-corrected chi connectivity index (χ4v) is 2.72. The summed E-state index contributed by atoms with van der Waals surface area (Å²) >= 11 is 0. The number of rotatable bonds is 2. The van der Waals surface area contributed by atoms with Crippen molar-refractivity contribution in [1.29, 1.82) is 0 Å². The number of hydrogen-bond acceptors (Lipinski definition) is 2. The van der Waals surface area contributed by atoms with E-state index in [4.69, 9.17) is 4.74 Å². The van der Waals surface area contributed by atoms with Crippen LogP contribution in [0.2, 0.25) is 0 Å². The van der Waals surface area contributed by atoms with Crippen molar-refractivity contribution in [2.24, 2.45) is 0 Å². The molecule has 1 heterocycles. The van der Waals surface area contributed by atoms with E-state index >= 15 is 0 Å². The van der Waals surface area contributed by atoms with Crippen LogP contribution in [0.1, 0.15) is 30.4 Å². The molecule has 0 aromatic heterocycles. The van der Waals surface area contributed by atoms with E-state index in [-0.39, 0.29) is 24.2 Å². The molecular formula is C17H18FNO. The first-order valence-electron chi connectivity index (χ1n) is 6.84. The van der Waals surface area contributed by atoms with Crippen LogP contribution in [0.3, 0.4) is 0 Å². The molecule has 1 saturated heterocycles. The summed E-state index contributed by atoms with van der Waals surface area (Å²) < 4.78 is 19.2. The third-order valence-electron chi connectivity index (χ3n) is 4.01. The smallest absolute Gasteiger partial charge is 0.137 e. The van der Waals surface area contributed by atoms with Crippen LogP contribution in [0, 0.1) is 5.82 Å². The van der Waals surface area contributed by atoms with E-state index in [1.165, 1.54) is 17.7 Å². The van der Waals surface area contributed by atoms with Gasteiger partial charge in [-0.2, -0.15) is 0 Å². The molecule has 1 aliphatic rings. The van der Waals surface area contributed by atoms with Crippen molar-refractivity contribution in [3.63, 3.8) is 0 Å². The fourth-order valence-electron chi connectivity index (χ4n) is 2.72. The molecule has 2 aromatic rings. The summed E-state index contributed by atoms with van der Waals surface area (Å²) in [5, 5.41) is 0. The zero-order valence-electron chi connectivity index (χ0n) is 11.7. The molecule has 3 atom stereocenters. The SMILES string of the molecule is C[C@@H]1[C@@H](c2ccccc2)OC(c2ccc(F)cc2)N1C. The van der Waals surface area contributed by atoms with E-state index in [0.717, 1.165) is 5.56 Å². The predicted octanol–water partition coefficient (Wildman–Crippen LogP) is 3.92. The lowest BCUT2D eigenvalue weighted by Gasteiger charge is -2.21. The molecular weight excluding hydrogens is 253 g/mol. The van der Waals surface area contributed by atoms with Crippen LogP contribution in [0.25, 0.3) is 0 Å². The molecule has 20 heavy (non-hydrogen) atoms. The summed E-state index contributed by atoms with van der Waals surface area (Å²) in [6, 6.07) is 17.0. The largest absolute Gasteiger partial charge is 0.349 e. The minimum atomic E-state index is -0.220. The minimum absolute atomic E-state index is 0.0382. The lowest BCUT2D eigenvalue weighted by Crippen LogP contribution is -2.27. The Balaban J connectivity index is 1.87. The molecule has 0 radical (unpaired) electrons. The molecule has 2 aromatic carbocycles. The standard InChI is InChI=1S/C17H18FNO/c1-12-16(13-6-4-3-5-7-13)20-17(19(12)2)14-8-10-15(18)11-9-14/h3-12,16-17H,1-2H3/t12-,16+,17?/m1/s1. The molecule has 104 valence electrons. The van der Waals surface area contributed by atoms with E-state index in [1.54, 1.807) is 12.1 Å². The molecule has 0 aliphatic carbocycles. The van der Waals surface area contributed by atoms with E-state index in [9.17, 15) is 4.39 Å². The highest BCUT2D eigenvalue weighted by Gasteiger charge is 2.38.